The largest absolute Gasteiger partial charge is 0.435 e. The van der Waals surface area contributed by atoms with Crippen molar-refractivity contribution in [3.63, 3.8) is 0 Å². The predicted octanol–water partition coefficient (Wildman–Crippen LogP) is 3.10. The Morgan fingerprint density at radius 2 is 2.07 bits per heavy atom. The smallest absolute Gasteiger partial charge is 0.387 e. The molecule has 0 radical (unpaired) electrons. The van der Waals surface area contributed by atoms with Crippen LogP contribution in [0, 0.1) is 0 Å². The summed E-state index contributed by atoms with van der Waals surface area (Å²) in [4.78, 5) is 0. The normalized spacial score (nSPS) is 13.0. The summed E-state index contributed by atoms with van der Waals surface area (Å²) in [5.74, 6) is 0.0408. The van der Waals surface area contributed by atoms with Crippen LogP contribution >= 0.6 is 15.9 Å². The zero-order valence-corrected chi connectivity index (χ0v) is 8.96. The molecule has 1 atom stereocenters. The molecule has 0 bridgehead atoms. The van der Waals surface area contributed by atoms with Gasteiger partial charge >= 0.3 is 6.61 Å². The first-order valence-corrected chi connectivity index (χ1v) is 4.72. The van der Waals surface area contributed by atoms with E-state index in [0.29, 0.717) is 10.0 Å². The summed E-state index contributed by atoms with van der Waals surface area (Å²) < 4.78 is 28.6. The lowest BCUT2D eigenvalue weighted by atomic mass is 10.1. The van der Waals surface area contributed by atoms with Crippen LogP contribution in [0.25, 0.3) is 0 Å². The maximum Gasteiger partial charge on any atom is 0.387 e. The Hall–Kier alpha value is -0.680. The van der Waals surface area contributed by atoms with E-state index in [1.165, 1.54) is 12.1 Å². The fourth-order valence-corrected chi connectivity index (χ4v) is 1.60. The van der Waals surface area contributed by atoms with Gasteiger partial charge in [-0.2, -0.15) is 8.78 Å². The van der Waals surface area contributed by atoms with E-state index in [9.17, 15) is 13.9 Å². The molecule has 1 unspecified atom stereocenters. The summed E-state index contributed by atoms with van der Waals surface area (Å²) in [7, 11) is 0. The lowest BCUT2D eigenvalue weighted by Crippen LogP contribution is -2.03. The Morgan fingerprint density at radius 1 is 1.43 bits per heavy atom. The number of halogens is 3. The predicted molar refractivity (Wildman–Crippen MR) is 51.4 cm³/mol. The molecule has 0 heterocycles. The van der Waals surface area contributed by atoms with Crippen molar-refractivity contribution in [3.05, 3.63) is 28.2 Å². The monoisotopic (exact) mass is 266 g/mol. The van der Waals surface area contributed by atoms with Gasteiger partial charge in [0.05, 0.1) is 6.10 Å². The van der Waals surface area contributed by atoms with Crippen molar-refractivity contribution in [1.82, 2.24) is 0 Å². The van der Waals surface area contributed by atoms with E-state index in [4.69, 9.17) is 0 Å². The van der Waals surface area contributed by atoms with Gasteiger partial charge in [0, 0.05) is 4.47 Å². The van der Waals surface area contributed by atoms with Crippen LogP contribution < -0.4 is 4.74 Å². The molecular formula is C9H9BrF2O2. The zero-order valence-electron chi connectivity index (χ0n) is 7.38. The quantitative estimate of drug-likeness (QED) is 0.911. The van der Waals surface area contributed by atoms with Crippen molar-refractivity contribution >= 4 is 15.9 Å². The number of aliphatic hydroxyl groups is 1. The van der Waals surface area contributed by atoms with Crippen LogP contribution in [0.5, 0.6) is 5.75 Å². The average Bonchev–Trinajstić information content (AvgIpc) is 2.07. The number of hydrogen-bond donors (Lipinski definition) is 1. The third-order valence-electron chi connectivity index (χ3n) is 1.64. The van der Waals surface area contributed by atoms with E-state index in [0.717, 1.165) is 0 Å². The van der Waals surface area contributed by atoms with Gasteiger partial charge in [0.1, 0.15) is 5.75 Å². The van der Waals surface area contributed by atoms with Crippen LogP contribution in [-0.2, 0) is 0 Å². The fourth-order valence-electron chi connectivity index (χ4n) is 1.02. The van der Waals surface area contributed by atoms with Gasteiger partial charge in [0.15, 0.2) is 0 Å². The highest BCUT2D eigenvalue weighted by Crippen LogP contribution is 2.28. The number of rotatable bonds is 3. The number of ether oxygens (including phenoxy) is 1. The second-order valence-corrected chi connectivity index (χ2v) is 3.59. The van der Waals surface area contributed by atoms with Gasteiger partial charge in [-0.05, 0) is 30.7 Å². The number of alkyl halides is 2. The van der Waals surface area contributed by atoms with Crippen molar-refractivity contribution in [2.24, 2.45) is 0 Å². The van der Waals surface area contributed by atoms with E-state index in [1.807, 2.05) is 0 Å². The van der Waals surface area contributed by atoms with Gasteiger partial charge < -0.3 is 9.84 Å². The van der Waals surface area contributed by atoms with Gasteiger partial charge in [0.25, 0.3) is 0 Å². The Balaban J connectivity index is 2.94. The first kappa shape index (κ1) is 11.4. The minimum atomic E-state index is -2.85. The molecule has 0 saturated carbocycles. The van der Waals surface area contributed by atoms with Crippen LogP contribution in [-0.4, -0.2) is 11.7 Å². The third-order valence-corrected chi connectivity index (χ3v) is 2.36. The summed E-state index contributed by atoms with van der Waals surface area (Å²) in [6.45, 7) is -1.30. The highest BCUT2D eigenvalue weighted by molar-refractivity contribution is 9.10. The average molecular weight is 267 g/mol. The summed E-state index contributed by atoms with van der Waals surface area (Å²) in [6.07, 6.45) is -0.731. The van der Waals surface area contributed by atoms with E-state index in [-0.39, 0.29) is 5.75 Å². The molecule has 1 aromatic rings. The fraction of sp³-hybridized carbons (Fsp3) is 0.333. The first-order chi connectivity index (χ1) is 6.50. The lowest BCUT2D eigenvalue weighted by Gasteiger charge is -2.10. The topological polar surface area (TPSA) is 29.5 Å². The Labute approximate surface area is 88.6 Å². The van der Waals surface area contributed by atoms with Crippen molar-refractivity contribution < 1.29 is 18.6 Å². The van der Waals surface area contributed by atoms with Crippen LogP contribution in [0.4, 0.5) is 8.78 Å². The molecule has 1 rings (SSSR count). The Kier molecular flexibility index (Phi) is 3.83. The summed E-state index contributed by atoms with van der Waals surface area (Å²) in [5.41, 5.74) is 0.517. The first-order valence-electron chi connectivity index (χ1n) is 3.93. The third kappa shape index (κ3) is 2.92. The highest BCUT2D eigenvalue weighted by Gasteiger charge is 2.10. The minimum Gasteiger partial charge on any atom is -0.435 e. The molecule has 0 spiro atoms. The van der Waals surface area contributed by atoms with Crippen molar-refractivity contribution in [3.8, 4) is 5.75 Å². The highest BCUT2D eigenvalue weighted by atomic mass is 79.9. The molecule has 14 heavy (non-hydrogen) atoms. The second kappa shape index (κ2) is 4.70. The van der Waals surface area contributed by atoms with Crippen molar-refractivity contribution in [2.75, 3.05) is 0 Å². The number of hydrogen-bond acceptors (Lipinski definition) is 2. The molecule has 0 aliphatic carbocycles. The SMILES string of the molecule is CC(O)c1cc(OC(F)F)ccc1Br. The van der Waals surface area contributed by atoms with Crippen molar-refractivity contribution in [1.29, 1.82) is 0 Å². The number of benzene rings is 1. The van der Waals surface area contributed by atoms with E-state index >= 15 is 0 Å². The molecule has 2 nitrogen and oxygen atoms in total. The van der Waals surface area contributed by atoms with Crippen LogP contribution in [0.2, 0.25) is 0 Å². The molecule has 0 aromatic heterocycles. The van der Waals surface area contributed by atoms with E-state index in [1.54, 1.807) is 13.0 Å². The zero-order chi connectivity index (χ0) is 10.7. The molecule has 0 amide bonds. The maximum atomic E-state index is 11.9. The second-order valence-electron chi connectivity index (χ2n) is 2.74. The number of aliphatic hydroxyl groups excluding tert-OH is 1. The molecule has 0 aliphatic rings. The molecule has 0 fully saturated rings. The minimum absolute atomic E-state index is 0.0408. The van der Waals surface area contributed by atoms with Crippen LogP contribution in [0.3, 0.4) is 0 Å². The molecule has 0 aliphatic heterocycles. The van der Waals surface area contributed by atoms with Gasteiger partial charge in [-0.25, -0.2) is 0 Å². The Morgan fingerprint density at radius 3 is 2.57 bits per heavy atom. The van der Waals surface area contributed by atoms with Gasteiger partial charge in [-0.3, -0.25) is 0 Å². The summed E-state index contributed by atoms with van der Waals surface area (Å²) >= 11 is 3.19. The standard InChI is InChI=1S/C9H9BrF2O2/c1-5(13)7-4-6(14-9(11)12)2-3-8(7)10/h2-5,9,13H,1H3. The van der Waals surface area contributed by atoms with Gasteiger partial charge in [0.2, 0.25) is 0 Å². The van der Waals surface area contributed by atoms with Crippen LogP contribution in [0.1, 0.15) is 18.6 Å². The molecule has 1 N–H and O–H groups in total. The lowest BCUT2D eigenvalue weighted by molar-refractivity contribution is -0.0499. The van der Waals surface area contributed by atoms with Gasteiger partial charge in [-0.1, -0.05) is 15.9 Å². The molecule has 5 heteroatoms. The van der Waals surface area contributed by atoms with E-state index in [2.05, 4.69) is 20.7 Å². The molecule has 1 aromatic carbocycles. The Bertz CT molecular complexity index is 316. The van der Waals surface area contributed by atoms with E-state index < -0.39 is 12.7 Å². The van der Waals surface area contributed by atoms with Crippen LogP contribution in [0.15, 0.2) is 22.7 Å². The summed E-state index contributed by atoms with van der Waals surface area (Å²) in [5, 5.41) is 9.29. The molecule has 0 saturated heterocycles. The molecule has 78 valence electrons. The summed E-state index contributed by atoms with van der Waals surface area (Å²) in [6, 6.07) is 4.34. The van der Waals surface area contributed by atoms with Crippen molar-refractivity contribution in [2.45, 2.75) is 19.6 Å². The van der Waals surface area contributed by atoms with Gasteiger partial charge in [-0.15, -0.1) is 0 Å². The molecular weight excluding hydrogens is 258 g/mol. The maximum absolute atomic E-state index is 11.9.